The highest BCUT2D eigenvalue weighted by molar-refractivity contribution is 7.99. The van der Waals surface area contributed by atoms with Crippen LogP contribution in [0.4, 0.5) is 5.69 Å². The van der Waals surface area contributed by atoms with Crippen LogP contribution in [-0.2, 0) is 9.53 Å². The summed E-state index contributed by atoms with van der Waals surface area (Å²) in [5, 5.41) is 0.722. The van der Waals surface area contributed by atoms with Crippen LogP contribution in [0.1, 0.15) is 24.4 Å². The maximum atomic E-state index is 12.4. The second-order valence-electron chi connectivity index (χ2n) is 6.16. The van der Waals surface area contributed by atoms with Crippen molar-refractivity contribution in [2.75, 3.05) is 18.6 Å². The number of fused-ring (bicyclic) bond motifs is 5. The molecule has 4 rings (SSSR count). The van der Waals surface area contributed by atoms with Crippen molar-refractivity contribution < 1.29 is 9.53 Å². The molecule has 24 heavy (non-hydrogen) atoms. The largest absolute Gasteiger partial charge is 0.469 e. The number of hydrogen-bond donors (Lipinski definition) is 0. The van der Waals surface area contributed by atoms with Crippen LogP contribution in [0.2, 0.25) is 5.02 Å². The number of methoxy groups -OCH3 is 1. The minimum absolute atomic E-state index is 0.00498. The fourth-order valence-electron chi connectivity index (χ4n) is 3.79. The van der Waals surface area contributed by atoms with Crippen LogP contribution in [-0.4, -0.2) is 19.6 Å². The average molecular weight is 360 g/mol. The molecule has 2 aliphatic rings. The summed E-state index contributed by atoms with van der Waals surface area (Å²) in [5.74, 6) is -0.287. The first-order valence-corrected chi connectivity index (χ1v) is 9.29. The Bertz CT molecular complexity index is 795. The number of benzene rings is 2. The Labute approximate surface area is 150 Å². The summed E-state index contributed by atoms with van der Waals surface area (Å²) in [7, 11) is 1.48. The summed E-state index contributed by atoms with van der Waals surface area (Å²) in [6.45, 7) is 0.917. The standard InChI is InChI=1S/C19H18ClNO2S/c1-23-19(22)14-6-4-10-21-15-11-12(20)8-9-17(15)24-16-7-3-2-5-13(16)18(14)21/h2-3,5,7-9,11,14,18H,4,6,10H2,1H3/t14-,18-/m1/s1. The Morgan fingerprint density at radius 1 is 1.25 bits per heavy atom. The molecule has 0 radical (unpaired) electrons. The van der Waals surface area contributed by atoms with E-state index in [0.29, 0.717) is 0 Å². The van der Waals surface area contributed by atoms with Crippen molar-refractivity contribution in [1.82, 2.24) is 0 Å². The molecule has 2 aliphatic heterocycles. The second-order valence-corrected chi connectivity index (χ2v) is 7.68. The number of hydrogen-bond acceptors (Lipinski definition) is 4. The molecule has 124 valence electrons. The molecule has 2 aromatic carbocycles. The molecule has 2 aromatic rings. The lowest BCUT2D eigenvalue weighted by atomic mass is 9.84. The van der Waals surface area contributed by atoms with Crippen molar-refractivity contribution >= 4 is 35.0 Å². The van der Waals surface area contributed by atoms with Crippen molar-refractivity contribution in [2.24, 2.45) is 5.92 Å². The highest BCUT2D eigenvalue weighted by Gasteiger charge is 2.41. The minimum atomic E-state index is -0.157. The number of halogens is 1. The van der Waals surface area contributed by atoms with E-state index < -0.39 is 0 Å². The van der Waals surface area contributed by atoms with Crippen molar-refractivity contribution in [3.63, 3.8) is 0 Å². The number of ether oxygens (including phenoxy) is 1. The van der Waals surface area contributed by atoms with E-state index in [1.54, 1.807) is 11.8 Å². The van der Waals surface area contributed by atoms with E-state index in [1.165, 1.54) is 22.5 Å². The molecule has 1 fully saturated rings. The normalized spacial score (nSPS) is 22.0. The number of piperidine rings is 1. The number of carbonyl (C=O) groups excluding carboxylic acids is 1. The second kappa shape index (κ2) is 6.34. The molecule has 5 heteroatoms. The smallest absolute Gasteiger partial charge is 0.311 e. The average Bonchev–Trinajstić information content (AvgIpc) is 2.75. The van der Waals surface area contributed by atoms with E-state index in [2.05, 4.69) is 23.1 Å². The zero-order chi connectivity index (χ0) is 16.7. The number of anilines is 1. The van der Waals surface area contributed by atoms with Gasteiger partial charge in [0.15, 0.2) is 0 Å². The van der Waals surface area contributed by atoms with Crippen molar-refractivity contribution in [3.05, 3.63) is 53.1 Å². The summed E-state index contributed by atoms with van der Waals surface area (Å²) in [6, 6.07) is 14.4. The molecular formula is C19H18ClNO2S. The highest BCUT2D eigenvalue weighted by Crippen LogP contribution is 2.50. The third kappa shape index (κ3) is 2.58. The fourth-order valence-corrected chi connectivity index (χ4v) is 5.06. The number of carbonyl (C=O) groups is 1. The van der Waals surface area contributed by atoms with Gasteiger partial charge in [0.05, 0.1) is 24.8 Å². The van der Waals surface area contributed by atoms with Gasteiger partial charge < -0.3 is 9.64 Å². The lowest BCUT2D eigenvalue weighted by Gasteiger charge is -2.41. The highest BCUT2D eigenvalue weighted by atomic mass is 35.5. The van der Waals surface area contributed by atoms with Gasteiger partial charge in [0, 0.05) is 21.4 Å². The fraction of sp³-hybridized carbons (Fsp3) is 0.316. The molecular weight excluding hydrogens is 342 g/mol. The Hall–Kier alpha value is -1.65. The van der Waals surface area contributed by atoms with Gasteiger partial charge in [-0.1, -0.05) is 41.6 Å². The van der Waals surface area contributed by atoms with Gasteiger partial charge in [-0.25, -0.2) is 0 Å². The Morgan fingerprint density at radius 2 is 2.08 bits per heavy atom. The monoisotopic (exact) mass is 359 g/mol. The maximum Gasteiger partial charge on any atom is 0.311 e. The third-order valence-corrected chi connectivity index (χ3v) is 6.21. The lowest BCUT2D eigenvalue weighted by molar-refractivity contribution is -0.147. The zero-order valence-electron chi connectivity index (χ0n) is 13.4. The van der Waals surface area contributed by atoms with Crippen LogP contribution in [0, 0.1) is 5.92 Å². The van der Waals surface area contributed by atoms with E-state index in [9.17, 15) is 4.79 Å². The molecule has 0 unspecified atom stereocenters. The molecule has 2 heterocycles. The Kier molecular flexibility index (Phi) is 4.19. The molecule has 0 saturated carbocycles. The molecule has 0 aromatic heterocycles. The maximum absolute atomic E-state index is 12.4. The van der Waals surface area contributed by atoms with Crippen LogP contribution in [0.5, 0.6) is 0 Å². The predicted octanol–water partition coefficient (Wildman–Crippen LogP) is 4.94. The number of esters is 1. The van der Waals surface area contributed by atoms with Crippen LogP contribution in [0.3, 0.4) is 0 Å². The lowest BCUT2D eigenvalue weighted by Crippen LogP contribution is -2.42. The van der Waals surface area contributed by atoms with E-state index in [-0.39, 0.29) is 17.9 Å². The first-order valence-electron chi connectivity index (χ1n) is 8.10. The van der Waals surface area contributed by atoms with Crippen molar-refractivity contribution in [1.29, 1.82) is 0 Å². The zero-order valence-corrected chi connectivity index (χ0v) is 14.9. The van der Waals surface area contributed by atoms with Gasteiger partial charge in [0.1, 0.15) is 0 Å². The van der Waals surface area contributed by atoms with Gasteiger partial charge in [-0.2, -0.15) is 0 Å². The molecule has 0 spiro atoms. The Morgan fingerprint density at radius 3 is 2.92 bits per heavy atom. The van der Waals surface area contributed by atoms with Crippen LogP contribution < -0.4 is 4.90 Å². The molecule has 0 amide bonds. The van der Waals surface area contributed by atoms with E-state index >= 15 is 0 Å². The van der Waals surface area contributed by atoms with Gasteiger partial charge in [-0.3, -0.25) is 4.79 Å². The van der Waals surface area contributed by atoms with Crippen molar-refractivity contribution in [3.8, 4) is 0 Å². The molecule has 2 atom stereocenters. The Balaban J connectivity index is 1.92. The van der Waals surface area contributed by atoms with Gasteiger partial charge in [-0.15, -0.1) is 0 Å². The van der Waals surface area contributed by atoms with Gasteiger partial charge in [0.25, 0.3) is 0 Å². The molecule has 0 bridgehead atoms. The van der Waals surface area contributed by atoms with Crippen LogP contribution in [0.15, 0.2) is 52.3 Å². The minimum Gasteiger partial charge on any atom is -0.469 e. The van der Waals surface area contributed by atoms with Crippen LogP contribution >= 0.6 is 23.4 Å². The number of rotatable bonds is 1. The summed E-state index contributed by atoms with van der Waals surface area (Å²) in [5.41, 5.74) is 2.31. The van der Waals surface area contributed by atoms with Gasteiger partial charge in [0.2, 0.25) is 0 Å². The number of nitrogens with zero attached hydrogens (tertiary/aromatic N) is 1. The van der Waals surface area contributed by atoms with Gasteiger partial charge in [-0.05, 0) is 42.7 Å². The summed E-state index contributed by atoms with van der Waals surface area (Å²) >= 11 is 8.02. The van der Waals surface area contributed by atoms with E-state index in [0.717, 1.165) is 30.1 Å². The molecule has 1 saturated heterocycles. The first-order chi connectivity index (χ1) is 11.7. The molecule has 0 N–H and O–H groups in total. The van der Waals surface area contributed by atoms with Crippen LogP contribution in [0.25, 0.3) is 0 Å². The van der Waals surface area contributed by atoms with E-state index in [4.69, 9.17) is 16.3 Å². The van der Waals surface area contributed by atoms with Crippen molar-refractivity contribution in [2.45, 2.75) is 28.7 Å². The molecule has 0 aliphatic carbocycles. The SMILES string of the molecule is COC(=O)[C@@H]1CCCN2c3cc(Cl)ccc3Sc3ccccc3[C@H]12. The van der Waals surface area contributed by atoms with Gasteiger partial charge >= 0.3 is 5.97 Å². The quantitative estimate of drug-likeness (QED) is 0.675. The molecule has 3 nitrogen and oxygen atoms in total. The summed E-state index contributed by atoms with van der Waals surface area (Å²) < 4.78 is 5.11. The third-order valence-electron chi connectivity index (χ3n) is 4.82. The summed E-state index contributed by atoms with van der Waals surface area (Å²) in [4.78, 5) is 17.2. The predicted molar refractivity (Wildman–Crippen MR) is 96.8 cm³/mol. The van der Waals surface area contributed by atoms with E-state index in [1.807, 2.05) is 24.3 Å². The summed E-state index contributed by atoms with van der Waals surface area (Å²) in [6.07, 6.45) is 1.82. The first kappa shape index (κ1) is 15.9. The topological polar surface area (TPSA) is 29.5 Å².